The Kier molecular flexibility index (Phi) is 4.63. The Morgan fingerprint density at radius 2 is 2.42 bits per heavy atom. The number of carbonyl (C=O) groups is 1. The zero-order chi connectivity index (χ0) is 13.7. The summed E-state index contributed by atoms with van der Waals surface area (Å²) in [5.74, 6) is 0.381. The Balaban J connectivity index is 2.03. The van der Waals surface area contributed by atoms with Crippen LogP contribution in [0.1, 0.15) is 30.1 Å². The van der Waals surface area contributed by atoms with Gasteiger partial charge >= 0.3 is 0 Å². The number of anilines is 1. The molecule has 2 rings (SSSR count). The van der Waals surface area contributed by atoms with Gasteiger partial charge in [-0.2, -0.15) is 0 Å². The van der Waals surface area contributed by atoms with E-state index in [4.69, 9.17) is 4.74 Å². The summed E-state index contributed by atoms with van der Waals surface area (Å²) < 4.78 is 5.54. The van der Waals surface area contributed by atoms with Crippen LogP contribution in [0.3, 0.4) is 0 Å². The average molecular weight is 264 g/mol. The van der Waals surface area contributed by atoms with Crippen molar-refractivity contribution in [3.63, 3.8) is 0 Å². The number of hydrogen-bond donors (Lipinski definition) is 3. The monoisotopic (exact) mass is 264 g/mol. The zero-order valence-electron chi connectivity index (χ0n) is 11.1. The van der Waals surface area contributed by atoms with E-state index in [1.54, 1.807) is 6.07 Å². The molecule has 1 atom stereocenters. The van der Waals surface area contributed by atoms with Crippen LogP contribution in [0, 0.1) is 0 Å². The molecule has 5 heteroatoms. The lowest BCUT2D eigenvalue weighted by Crippen LogP contribution is -2.32. The molecule has 0 aliphatic carbocycles. The molecular formula is C14H20N2O3. The van der Waals surface area contributed by atoms with Gasteiger partial charge in [0.1, 0.15) is 6.61 Å². The number of aliphatic hydroxyl groups excluding tert-OH is 1. The molecule has 0 spiro atoms. The van der Waals surface area contributed by atoms with Crippen molar-refractivity contribution in [2.45, 2.75) is 25.9 Å². The summed E-state index contributed by atoms with van der Waals surface area (Å²) in [6.07, 6.45) is 1.09. The normalized spacial score (nSPS) is 14.8. The number of nitrogens with one attached hydrogen (secondary N) is 2. The van der Waals surface area contributed by atoms with Gasteiger partial charge in [0, 0.05) is 13.1 Å². The number of para-hydroxylation sites is 1. The molecule has 0 saturated carbocycles. The molecule has 1 aromatic carbocycles. The lowest BCUT2D eigenvalue weighted by molar-refractivity contribution is 0.0906. The summed E-state index contributed by atoms with van der Waals surface area (Å²) in [7, 11) is 0. The maximum Gasteiger partial charge on any atom is 0.255 e. The molecule has 19 heavy (non-hydrogen) atoms. The van der Waals surface area contributed by atoms with Gasteiger partial charge in [0.25, 0.3) is 5.91 Å². The molecule has 1 aromatic rings. The highest BCUT2D eigenvalue weighted by atomic mass is 16.5. The Bertz CT molecular complexity index is 448. The number of amides is 1. The fourth-order valence-corrected chi connectivity index (χ4v) is 2.09. The molecule has 0 fully saturated rings. The van der Waals surface area contributed by atoms with Crippen molar-refractivity contribution >= 4 is 11.6 Å². The molecule has 1 aliphatic heterocycles. The topological polar surface area (TPSA) is 70.6 Å². The van der Waals surface area contributed by atoms with E-state index in [1.165, 1.54) is 0 Å². The van der Waals surface area contributed by atoms with Crippen LogP contribution in [-0.2, 0) is 0 Å². The summed E-state index contributed by atoms with van der Waals surface area (Å²) in [6.45, 7) is 3.56. The molecule has 104 valence electrons. The average Bonchev–Trinajstić information content (AvgIpc) is 2.44. The lowest BCUT2D eigenvalue weighted by atomic mass is 10.1. The number of fused-ring (bicyclic) bond motifs is 1. The van der Waals surface area contributed by atoms with E-state index in [0.29, 0.717) is 24.3 Å². The predicted octanol–water partition coefficient (Wildman–Crippen LogP) is 1.38. The smallest absolute Gasteiger partial charge is 0.255 e. The third-order valence-corrected chi connectivity index (χ3v) is 3.04. The summed E-state index contributed by atoms with van der Waals surface area (Å²) in [5, 5.41) is 15.6. The molecule has 1 aliphatic rings. The maximum atomic E-state index is 12.1. The molecule has 1 heterocycles. The van der Waals surface area contributed by atoms with E-state index in [-0.39, 0.29) is 12.5 Å². The van der Waals surface area contributed by atoms with E-state index in [1.807, 2.05) is 19.1 Å². The first-order valence-corrected chi connectivity index (χ1v) is 6.68. The van der Waals surface area contributed by atoms with E-state index < -0.39 is 6.10 Å². The van der Waals surface area contributed by atoms with Gasteiger partial charge in [-0.05, 0) is 18.6 Å². The third kappa shape index (κ3) is 3.38. The number of rotatable bonds is 5. The van der Waals surface area contributed by atoms with E-state index >= 15 is 0 Å². The van der Waals surface area contributed by atoms with Crippen LogP contribution in [-0.4, -0.2) is 36.8 Å². The standard InChI is InChI=1S/C14H20N2O3/c1-2-4-10(17)9-16-14(18)11-5-3-6-12-13(11)19-8-7-15-12/h3,5-6,10,15,17H,2,4,7-9H2,1H3,(H,16,18). The summed E-state index contributed by atoms with van der Waals surface area (Å²) >= 11 is 0. The largest absolute Gasteiger partial charge is 0.489 e. The number of aliphatic hydroxyl groups is 1. The maximum absolute atomic E-state index is 12.1. The van der Waals surface area contributed by atoms with Crippen LogP contribution in [0.15, 0.2) is 18.2 Å². The quantitative estimate of drug-likeness (QED) is 0.751. The fraction of sp³-hybridized carbons (Fsp3) is 0.500. The minimum atomic E-state index is -0.493. The van der Waals surface area contributed by atoms with Gasteiger partial charge in [-0.25, -0.2) is 0 Å². The fourth-order valence-electron chi connectivity index (χ4n) is 2.09. The molecule has 0 bridgehead atoms. The molecule has 1 unspecified atom stereocenters. The third-order valence-electron chi connectivity index (χ3n) is 3.04. The van der Waals surface area contributed by atoms with Gasteiger partial charge < -0.3 is 20.5 Å². The van der Waals surface area contributed by atoms with Crippen LogP contribution in [0.4, 0.5) is 5.69 Å². The van der Waals surface area contributed by atoms with Gasteiger partial charge in [-0.1, -0.05) is 19.4 Å². The number of benzene rings is 1. The number of hydrogen-bond acceptors (Lipinski definition) is 4. The Morgan fingerprint density at radius 3 is 3.21 bits per heavy atom. The van der Waals surface area contributed by atoms with E-state index in [9.17, 15) is 9.90 Å². The van der Waals surface area contributed by atoms with Crippen molar-refractivity contribution in [2.75, 3.05) is 25.0 Å². The number of ether oxygens (including phenoxy) is 1. The molecule has 0 saturated heterocycles. The van der Waals surface area contributed by atoms with Crippen molar-refractivity contribution in [3.8, 4) is 5.75 Å². The minimum Gasteiger partial charge on any atom is -0.489 e. The van der Waals surface area contributed by atoms with Crippen LogP contribution in [0.25, 0.3) is 0 Å². The molecule has 0 aromatic heterocycles. The predicted molar refractivity (Wildman–Crippen MR) is 73.7 cm³/mol. The van der Waals surface area contributed by atoms with Gasteiger partial charge in [0.15, 0.2) is 5.75 Å². The number of carbonyl (C=O) groups excluding carboxylic acids is 1. The van der Waals surface area contributed by atoms with E-state index in [0.717, 1.165) is 18.7 Å². The van der Waals surface area contributed by atoms with Gasteiger partial charge in [0.05, 0.1) is 17.4 Å². The second kappa shape index (κ2) is 6.43. The molecular weight excluding hydrogens is 244 g/mol. The first-order chi connectivity index (χ1) is 9.22. The van der Waals surface area contributed by atoms with Crippen molar-refractivity contribution in [1.29, 1.82) is 0 Å². The highest BCUT2D eigenvalue weighted by molar-refractivity contribution is 5.99. The minimum absolute atomic E-state index is 0.212. The van der Waals surface area contributed by atoms with Crippen LogP contribution in [0.5, 0.6) is 5.75 Å². The SMILES string of the molecule is CCCC(O)CNC(=O)c1cccc2c1OCCN2. The van der Waals surface area contributed by atoms with Gasteiger partial charge in [-0.15, -0.1) is 0 Å². The highest BCUT2D eigenvalue weighted by Gasteiger charge is 2.19. The van der Waals surface area contributed by atoms with Gasteiger partial charge in [-0.3, -0.25) is 4.79 Å². The Labute approximate surface area is 113 Å². The first-order valence-electron chi connectivity index (χ1n) is 6.68. The van der Waals surface area contributed by atoms with Crippen LogP contribution >= 0.6 is 0 Å². The Morgan fingerprint density at radius 1 is 1.58 bits per heavy atom. The van der Waals surface area contributed by atoms with Crippen LogP contribution < -0.4 is 15.4 Å². The summed E-state index contributed by atoms with van der Waals surface area (Å²) in [4.78, 5) is 12.1. The summed E-state index contributed by atoms with van der Waals surface area (Å²) in [5.41, 5.74) is 1.35. The van der Waals surface area contributed by atoms with Crippen molar-refractivity contribution in [2.24, 2.45) is 0 Å². The molecule has 0 radical (unpaired) electrons. The highest BCUT2D eigenvalue weighted by Crippen LogP contribution is 2.30. The second-order valence-corrected chi connectivity index (χ2v) is 4.61. The van der Waals surface area contributed by atoms with Gasteiger partial charge in [0.2, 0.25) is 0 Å². The van der Waals surface area contributed by atoms with Crippen molar-refractivity contribution in [1.82, 2.24) is 5.32 Å². The molecule has 5 nitrogen and oxygen atoms in total. The Hall–Kier alpha value is -1.75. The zero-order valence-corrected chi connectivity index (χ0v) is 11.1. The second-order valence-electron chi connectivity index (χ2n) is 4.61. The molecule has 3 N–H and O–H groups in total. The summed E-state index contributed by atoms with van der Waals surface area (Å²) in [6, 6.07) is 5.43. The van der Waals surface area contributed by atoms with Crippen LogP contribution in [0.2, 0.25) is 0 Å². The first kappa shape index (κ1) is 13.7. The molecule has 1 amide bonds. The lowest BCUT2D eigenvalue weighted by Gasteiger charge is -2.21. The van der Waals surface area contributed by atoms with Crippen molar-refractivity contribution in [3.05, 3.63) is 23.8 Å². The van der Waals surface area contributed by atoms with Crippen molar-refractivity contribution < 1.29 is 14.6 Å². The van der Waals surface area contributed by atoms with E-state index in [2.05, 4.69) is 10.6 Å².